The van der Waals surface area contributed by atoms with Gasteiger partial charge in [-0.05, 0) is 54.8 Å². The number of anilines is 2. The van der Waals surface area contributed by atoms with Crippen LogP contribution in [0.5, 0.6) is 0 Å². The van der Waals surface area contributed by atoms with Gasteiger partial charge in [0.15, 0.2) is 5.78 Å². The Bertz CT molecular complexity index is 1740. The van der Waals surface area contributed by atoms with Crippen molar-refractivity contribution in [1.82, 2.24) is 0 Å². The maximum Gasteiger partial charge on any atom is 0.346 e. The van der Waals surface area contributed by atoms with Gasteiger partial charge in [-0.1, -0.05) is 52.3 Å². The quantitative estimate of drug-likeness (QED) is 0.309. The molecule has 38 heavy (non-hydrogen) atoms. The number of Topliss-reactive ketones (excluding diaryl/α,β-unsaturated/α-hetero) is 1. The highest BCUT2D eigenvalue weighted by Gasteiger charge is 2.47. The fraction of sp³-hybridized carbons (Fsp3) is 0.154. The molecule has 3 aromatic carbocycles. The van der Waals surface area contributed by atoms with Gasteiger partial charge in [-0.25, -0.2) is 8.42 Å². The molecule has 0 saturated carbocycles. The molecule has 3 aromatic rings. The lowest BCUT2D eigenvalue weighted by atomic mass is 9.66. The van der Waals surface area contributed by atoms with Crippen molar-refractivity contribution in [2.45, 2.75) is 18.8 Å². The summed E-state index contributed by atoms with van der Waals surface area (Å²) in [5.41, 5.74) is 0.884. The number of nitrogens with zero attached hydrogens (tertiary/aromatic N) is 1. The van der Waals surface area contributed by atoms with Crippen LogP contribution in [0.15, 0.2) is 81.5 Å². The Balaban J connectivity index is 1.62. The number of fused-ring (bicyclic) bond motifs is 2. The van der Waals surface area contributed by atoms with Crippen LogP contribution >= 0.6 is 23.4 Å². The smallest absolute Gasteiger partial charge is 0.346 e. The van der Waals surface area contributed by atoms with Crippen molar-refractivity contribution in [3.05, 3.63) is 93.5 Å². The van der Waals surface area contributed by atoms with Crippen LogP contribution in [0.3, 0.4) is 0 Å². The zero-order chi connectivity index (χ0) is 27.5. The lowest BCUT2D eigenvalue weighted by molar-refractivity contribution is -0.120. The molecular formula is C26H23BrN3O6PS. The molecule has 9 nitrogen and oxygen atoms in total. The minimum absolute atomic E-state index is 0.0901. The number of aliphatic hydroxyl groups excluding tert-OH is 1. The summed E-state index contributed by atoms with van der Waals surface area (Å²) in [5, 5.41) is 14.0. The van der Waals surface area contributed by atoms with Crippen LogP contribution in [0.25, 0.3) is 5.76 Å². The SMILES string of the molecule is CC1(Cc2cccc(Br)c2)C(=O)C(C2=NP(=O)(O)c3cc(NS(C)(=O)=O)ccc3N2)=C(O)c2ccccc21. The van der Waals surface area contributed by atoms with Gasteiger partial charge in [-0.2, -0.15) is 4.76 Å². The monoisotopic (exact) mass is 615 g/mol. The molecule has 1 heterocycles. The highest BCUT2D eigenvalue weighted by atomic mass is 79.9. The molecule has 0 fully saturated rings. The molecule has 0 saturated heterocycles. The Labute approximate surface area is 228 Å². The fourth-order valence-corrected chi connectivity index (χ4v) is 7.15. The Kier molecular flexibility index (Phi) is 6.38. The summed E-state index contributed by atoms with van der Waals surface area (Å²) in [6, 6.07) is 18.6. The predicted octanol–water partition coefficient (Wildman–Crippen LogP) is 4.51. The largest absolute Gasteiger partial charge is 0.506 e. The Hall–Kier alpha value is -3.24. The first-order valence-corrected chi connectivity index (χ1v) is 15.7. The number of ketones is 1. The second kappa shape index (κ2) is 9.20. The molecule has 196 valence electrons. The number of hydrogen-bond donors (Lipinski definition) is 4. The zero-order valence-corrected chi connectivity index (χ0v) is 23.6. The van der Waals surface area contributed by atoms with Crippen molar-refractivity contribution in [3.63, 3.8) is 0 Å². The summed E-state index contributed by atoms with van der Waals surface area (Å²) in [7, 11) is -8.08. The summed E-state index contributed by atoms with van der Waals surface area (Å²) in [5.74, 6) is -1.04. The molecule has 0 spiro atoms. The van der Waals surface area contributed by atoms with Gasteiger partial charge in [0.1, 0.15) is 17.2 Å². The van der Waals surface area contributed by atoms with E-state index in [4.69, 9.17) is 0 Å². The molecule has 2 unspecified atom stereocenters. The van der Waals surface area contributed by atoms with Crippen molar-refractivity contribution >= 4 is 67.5 Å². The summed E-state index contributed by atoms with van der Waals surface area (Å²) >= 11 is 3.46. The highest BCUT2D eigenvalue weighted by molar-refractivity contribution is 9.10. The van der Waals surface area contributed by atoms with Gasteiger partial charge < -0.3 is 15.3 Å². The zero-order valence-electron chi connectivity index (χ0n) is 20.3. The number of sulfonamides is 1. The van der Waals surface area contributed by atoms with E-state index in [1.165, 1.54) is 18.2 Å². The number of carbonyl (C=O) groups is 1. The van der Waals surface area contributed by atoms with E-state index in [1.54, 1.807) is 31.2 Å². The summed E-state index contributed by atoms with van der Waals surface area (Å²) in [6.45, 7) is 1.78. The van der Waals surface area contributed by atoms with Crippen molar-refractivity contribution in [1.29, 1.82) is 0 Å². The Morgan fingerprint density at radius 3 is 2.55 bits per heavy atom. The van der Waals surface area contributed by atoms with E-state index < -0.39 is 28.7 Å². The van der Waals surface area contributed by atoms with Crippen LogP contribution in [0.4, 0.5) is 11.4 Å². The third kappa shape index (κ3) is 4.71. The first kappa shape index (κ1) is 26.4. The standard InChI is InChI=1S/C26H23BrN3O6PS/c1-26(14-15-6-5-7-16(27)12-15)19-9-4-3-8-18(19)23(31)22(24(26)32)25-28-20-11-10-17(30-38(2,35)36)13-21(20)37(33,34)29-25/h3-13,30-31H,14H2,1-2H3,(H2,28,29,33,34). The number of benzene rings is 3. The van der Waals surface area contributed by atoms with Crippen LogP contribution in [-0.2, 0) is 31.2 Å². The van der Waals surface area contributed by atoms with Gasteiger partial charge in [-0.15, -0.1) is 0 Å². The number of aliphatic hydroxyl groups is 1. The number of amidine groups is 1. The average Bonchev–Trinajstić information content (AvgIpc) is 2.82. The van der Waals surface area contributed by atoms with E-state index >= 15 is 0 Å². The molecule has 0 radical (unpaired) electrons. The number of hydrogen-bond acceptors (Lipinski definition) is 6. The molecular weight excluding hydrogens is 593 g/mol. The van der Waals surface area contributed by atoms with Gasteiger partial charge >= 0.3 is 7.52 Å². The van der Waals surface area contributed by atoms with Crippen molar-refractivity contribution in [2.24, 2.45) is 4.76 Å². The van der Waals surface area contributed by atoms with E-state index in [0.29, 0.717) is 17.5 Å². The van der Waals surface area contributed by atoms with Crippen LogP contribution in [0.2, 0.25) is 0 Å². The lowest BCUT2D eigenvalue weighted by Gasteiger charge is -2.36. The van der Waals surface area contributed by atoms with Crippen LogP contribution in [0.1, 0.15) is 23.6 Å². The van der Waals surface area contributed by atoms with Crippen LogP contribution < -0.4 is 15.3 Å². The number of nitrogens with one attached hydrogen (secondary N) is 2. The normalized spacial score (nSPS) is 22.7. The Morgan fingerprint density at radius 2 is 1.84 bits per heavy atom. The van der Waals surface area contributed by atoms with E-state index in [9.17, 15) is 27.8 Å². The minimum Gasteiger partial charge on any atom is -0.506 e. The number of halogens is 1. The molecule has 1 aliphatic carbocycles. The van der Waals surface area contributed by atoms with Crippen molar-refractivity contribution < 1.29 is 27.8 Å². The molecule has 2 atom stereocenters. The maximum atomic E-state index is 14.1. The van der Waals surface area contributed by atoms with Gasteiger partial charge in [-0.3, -0.25) is 14.1 Å². The Morgan fingerprint density at radius 1 is 1.11 bits per heavy atom. The van der Waals surface area contributed by atoms with Gasteiger partial charge in [0.05, 0.1) is 22.7 Å². The molecule has 2 aliphatic rings. The van der Waals surface area contributed by atoms with Crippen LogP contribution in [0, 0.1) is 0 Å². The topological polar surface area (TPSA) is 145 Å². The highest BCUT2D eigenvalue weighted by Crippen LogP contribution is 2.49. The first-order chi connectivity index (χ1) is 17.8. The van der Waals surface area contributed by atoms with E-state index in [-0.39, 0.29) is 33.8 Å². The van der Waals surface area contributed by atoms with Crippen molar-refractivity contribution in [2.75, 3.05) is 16.3 Å². The van der Waals surface area contributed by atoms with Crippen LogP contribution in [-0.4, -0.2) is 36.3 Å². The van der Waals surface area contributed by atoms with E-state index in [2.05, 4.69) is 30.7 Å². The maximum absolute atomic E-state index is 14.1. The number of carbonyl (C=O) groups excluding carboxylic acids is 1. The summed E-state index contributed by atoms with van der Waals surface area (Å²) in [6.07, 6.45) is 1.27. The molecule has 0 amide bonds. The molecule has 4 N–H and O–H groups in total. The lowest BCUT2D eigenvalue weighted by Crippen LogP contribution is -2.43. The molecule has 0 bridgehead atoms. The minimum atomic E-state index is -4.46. The molecule has 12 heteroatoms. The van der Waals surface area contributed by atoms with Crippen molar-refractivity contribution in [3.8, 4) is 0 Å². The summed E-state index contributed by atoms with van der Waals surface area (Å²) in [4.78, 5) is 25.0. The van der Waals surface area contributed by atoms with Gasteiger partial charge in [0, 0.05) is 15.7 Å². The fourth-order valence-electron chi connectivity index (χ4n) is 4.87. The van der Waals surface area contributed by atoms with Gasteiger partial charge in [0.25, 0.3) is 0 Å². The second-order valence-electron chi connectivity index (χ2n) is 9.46. The molecule has 5 rings (SSSR count). The molecule has 0 aromatic heterocycles. The van der Waals surface area contributed by atoms with Gasteiger partial charge in [0.2, 0.25) is 10.0 Å². The first-order valence-electron chi connectivity index (χ1n) is 11.4. The molecule has 1 aliphatic heterocycles. The third-order valence-electron chi connectivity index (χ3n) is 6.53. The van der Waals surface area contributed by atoms with E-state index in [1.807, 2.05) is 24.3 Å². The number of rotatable bonds is 5. The third-order valence-corrected chi connectivity index (χ3v) is 9.10. The predicted molar refractivity (Wildman–Crippen MR) is 152 cm³/mol. The second-order valence-corrected chi connectivity index (χ2v) is 13.9. The summed E-state index contributed by atoms with van der Waals surface area (Å²) < 4.78 is 43.6. The average molecular weight is 616 g/mol. The van der Waals surface area contributed by atoms with E-state index in [0.717, 1.165) is 16.3 Å².